The molecule has 3 aromatic rings. The number of thiophene rings is 1. The molecule has 4 heterocycles. The minimum Gasteiger partial charge on any atom is -0.342 e. The zero-order chi connectivity index (χ0) is 18.5. The number of hydrogen-bond acceptors (Lipinski definition) is 4. The molecular weight excluding hydrogens is 365 g/mol. The van der Waals surface area contributed by atoms with E-state index in [4.69, 9.17) is 0 Å². The maximum absolute atomic E-state index is 13.6. The van der Waals surface area contributed by atoms with E-state index in [-0.39, 0.29) is 23.2 Å². The van der Waals surface area contributed by atoms with Gasteiger partial charge in [0.25, 0.3) is 0 Å². The molecule has 136 valence electrons. The number of alkyl halides is 3. The summed E-state index contributed by atoms with van der Waals surface area (Å²) in [6.07, 6.45) is -3.86. The van der Waals surface area contributed by atoms with E-state index >= 15 is 0 Å². The van der Waals surface area contributed by atoms with E-state index in [0.717, 1.165) is 10.6 Å². The third-order valence-electron chi connectivity index (χ3n) is 4.56. The number of aromatic nitrogens is 3. The quantitative estimate of drug-likeness (QED) is 0.679. The highest BCUT2D eigenvalue weighted by Gasteiger charge is 2.36. The van der Waals surface area contributed by atoms with Crippen LogP contribution < -0.4 is 0 Å². The van der Waals surface area contributed by atoms with Crippen LogP contribution in [0.25, 0.3) is 16.2 Å². The Morgan fingerprint density at radius 1 is 1.35 bits per heavy atom. The van der Waals surface area contributed by atoms with Gasteiger partial charge in [-0.05, 0) is 23.9 Å². The molecule has 0 spiro atoms. The van der Waals surface area contributed by atoms with Crippen molar-refractivity contribution >= 4 is 22.9 Å². The summed E-state index contributed by atoms with van der Waals surface area (Å²) in [5.41, 5.74) is 0.135. The fourth-order valence-corrected chi connectivity index (χ4v) is 3.92. The molecule has 0 saturated carbocycles. The molecule has 1 saturated heterocycles. The number of nitrogens with zero attached hydrogens (tertiary/aromatic N) is 4. The van der Waals surface area contributed by atoms with Gasteiger partial charge in [-0.1, -0.05) is 6.07 Å². The van der Waals surface area contributed by atoms with Crippen molar-refractivity contribution in [3.63, 3.8) is 0 Å². The van der Waals surface area contributed by atoms with Gasteiger partial charge in [0.05, 0.1) is 16.3 Å². The number of carbonyl (C=O) groups excluding carboxylic acids is 1. The summed E-state index contributed by atoms with van der Waals surface area (Å²) < 4.78 is 41.5. The summed E-state index contributed by atoms with van der Waals surface area (Å²) in [6, 6.07) is 6.14. The van der Waals surface area contributed by atoms with Crippen LogP contribution in [0.15, 0.2) is 29.6 Å². The van der Waals surface area contributed by atoms with Gasteiger partial charge in [0.2, 0.25) is 5.91 Å². The zero-order valence-corrected chi connectivity index (χ0v) is 14.6. The standard InChI is InChI=1S/C17H15F3N4OS/c1-10(25)23-5-4-11(9-23)12-8-16-21-13(14-3-2-6-26-14)7-15(17(18,19)20)24(16)22-12/h2-3,6-8,11H,4-5,9H2,1H3/t11-/m0/s1. The van der Waals surface area contributed by atoms with Gasteiger partial charge in [0.1, 0.15) is 0 Å². The van der Waals surface area contributed by atoms with Gasteiger partial charge in [-0.25, -0.2) is 9.50 Å². The molecule has 0 unspecified atom stereocenters. The minimum absolute atomic E-state index is 0.0367. The zero-order valence-electron chi connectivity index (χ0n) is 13.8. The summed E-state index contributed by atoms with van der Waals surface area (Å²) in [5.74, 6) is -0.114. The van der Waals surface area contributed by atoms with Gasteiger partial charge in [-0.15, -0.1) is 11.3 Å². The average Bonchev–Trinajstić information content (AvgIpc) is 3.30. The summed E-state index contributed by atoms with van der Waals surface area (Å²) in [7, 11) is 0. The molecule has 3 aromatic heterocycles. The number of carbonyl (C=O) groups is 1. The van der Waals surface area contributed by atoms with Gasteiger partial charge >= 0.3 is 6.18 Å². The molecule has 1 atom stereocenters. The fraction of sp³-hybridized carbons (Fsp3) is 0.353. The van der Waals surface area contributed by atoms with E-state index < -0.39 is 11.9 Å². The lowest BCUT2D eigenvalue weighted by molar-refractivity contribution is -0.142. The topological polar surface area (TPSA) is 50.5 Å². The van der Waals surface area contributed by atoms with E-state index in [1.165, 1.54) is 18.3 Å². The van der Waals surface area contributed by atoms with Gasteiger partial charge in [0.15, 0.2) is 11.3 Å². The molecule has 1 aliphatic rings. The van der Waals surface area contributed by atoms with Gasteiger partial charge in [-0.3, -0.25) is 4.79 Å². The molecule has 0 aromatic carbocycles. The van der Waals surface area contributed by atoms with Crippen molar-refractivity contribution in [3.05, 3.63) is 41.0 Å². The lowest BCUT2D eigenvalue weighted by Crippen LogP contribution is -2.25. The molecule has 26 heavy (non-hydrogen) atoms. The molecule has 4 rings (SSSR count). The lowest BCUT2D eigenvalue weighted by atomic mass is 10.1. The summed E-state index contributed by atoms with van der Waals surface area (Å²) in [5, 5.41) is 5.97. The molecule has 1 aliphatic heterocycles. The Bertz CT molecular complexity index is 964. The number of likely N-dealkylation sites (tertiary alicyclic amines) is 1. The van der Waals surface area contributed by atoms with E-state index in [9.17, 15) is 18.0 Å². The molecule has 0 N–H and O–H groups in total. The van der Waals surface area contributed by atoms with Gasteiger partial charge in [0, 0.05) is 32.0 Å². The Hall–Kier alpha value is -2.42. The largest absolute Gasteiger partial charge is 0.433 e. The van der Waals surface area contributed by atoms with Crippen LogP contribution in [-0.4, -0.2) is 38.5 Å². The van der Waals surface area contributed by atoms with Crippen LogP contribution in [-0.2, 0) is 11.0 Å². The first-order chi connectivity index (χ1) is 12.3. The summed E-state index contributed by atoms with van der Waals surface area (Å²) in [4.78, 5) is 18.2. The lowest BCUT2D eigenvalue weighted by Gasteiger charge is -2.12. The first-order valence-electron chi connectivity index (χ1n) is 8.10. The second-order valence-electron chi connectivity index (χ2n) is 6.29. The minimum atomic E-state index is -4.54. The Morgan fingerprint density at radius 2 is 2.15 bits per heavy atom. The Balaban J connectivity index is 1.80. The molecule has 1 amide bonds. The van der Waals surface area contributed by atoms with Crippen LogP contribution >= 0.6 is 11.3 Å². The molecule has 1 fully saturated rings. The first-order valence-corrected chi connectivity index (χ1v) is 8.98. The van der Waals surface area contributed by atoms with Crippen LogP contribution in [0, 0.1) is 0 Å². The van der Waals surface area contributed by atoms with Gasteiger partial charge < -0.3 is 4.90 Å². The van der Waals surface area contributed by atoms with Crippen molar-refractivity contribution in [3.8, 4) is 10.6 Å². The van der Waals surface area contributed by atoms with Crippen LogP contribution in [0.5, 0.6) is 0 Å². The van der Waals surface area contributed by atoms with Crippen molar-refractivity contribution in [2.75, 3.05) is 13.1 Å². The number of fused-ring (bicyclic) bond motifs is 1. The number of rotatable bonds is 2. The smallest absolute Gasteiger partial charge is 0.342 e. The van der Waals surface area contributed by atoms with E-state index in [1.54, 1.807) is 28.5 Å². The maximum atomic E-state index is 13.6. The van der Waals surface area contributed by atoms with Crippen molar-refractivity contribution in [2.24, 2.45) is 0 Å². The van der Waals surface area contributed by atoms with Crippen molar-refractivity contribution in [1.82, 2.24) is 19.5 Å². The second-order valence-corrected chi connectivity index (χ2v) is 7.24. The van der Waals surface area contributed by atoms with Crippen LogP contribution in [0.3, 0.4) is 0 Å². The van der Waals surface area contributed by atoms with Gasteiger partial charge in [-0.2, -0.15) is 18.3 Å². The molecule has 9 heteroatoms. The monoisotopic (exact) mass is 380 g/mol. The third kappa shape index (κ3) is 2.96. The second kappa shape index (κ2) is 6.08. The van der Waals surface area contributed by atoms with Crippen molar-refractivity contribution in [1.29, 1.82) is 0 Å². The van der Waals surface area contributed by atoms with Crippen molar-refractivity contribution < 1.29 is 18.0 Å². The third-order valence-corrected chi connectivity index (χ3v) is 5.45. The number of halogens is 3. The first kappa shape index (κ1) is 17.0. The number of hydrogen-bond donors (Lipinski definition) is 0. The molecule has 5 nitrogen and oxygen atoms in total. The molecule has 0 radical (unpaired) electrons. The Kier molecular flexibility index (Phi) is 3.98. The normalized spacial score (nSPS) is 18.0. The van der Waals surface area contributed by atoms with Crippen LogP contribution in [0.2, 0.25) is 0 Å². The fourth-order valence-electron chi connectivity index (χ4n) is 3.23. The van der Waals surface area contributed by atoms with E-state index in [1.807, 2.05) is 0 Å². The summed E-state index contributed by atoms with van der Waals surface area (Å²) >= 11 is 1.34. The predicted octanol–water partition coefficient (Wildman–Crippen LogP) is 3.81. The maximum Gasteiger partial charge on any atom is 0.433 e. The highest BCUT2D eigenvalue weighted by atomic mass is 32.1. The SMILES string of the molecule is CC(=O)N1CC[C@H](c2cc3nc(-c4cccs4)cc(C(F)(F)F)n3n2)C1. The molecule has 0 aliphatic carbocycles. The van der Waals surface area contributed by atoms with Crippen LogP contribution in [0.1, 0.15) is 30.7 Å². The Labute approximate surface area is 151 Å². The molecular formula is C17H15F3N4OS. The number of amides is 1. The highest BCUT2D eigenvalue weighted by molar-refractivity contribution is 7.13. The van der Waals surface area contributed by atoms with E-state index in [2.05, 4.69) is 10.1 Å². The van der Waals surface area contributed by atoms with Crippen molar-refractivity contribution in [2.45, 2.75) is 25.4 Å². The summed E-state index contributed by atoms with van der Waals surface area (Å²) in [6.45, 7) is 2.55. The highest BCUT2D eigenvalue weighted by Crippen LogP contribution is 2.35. The predicted molar refractivity (Wildman–Crippen MR) is 90.9 cm³/mol. The molecule has 0 bridgehead atoms. The van der Waals surface area contributed by atoms with E-state index in [0.29, 0.717) is 30.1 Å². The Morgan fingerprint density at radius 3 is 2.77 bits per heavy atom. The average molecular weight is 380 g/mol. The van der Waals surface area contributed by atoms with Crippen LogP contribution in [0.4, 0.5) is 13.2 Å².